The Morgan fingerprint density at radius 3 is 2.07 bits per heavy atom. The molecular formula is C12H26O2. The van der Waals surface area contributed by atoms with E-state index in [4.69, 9.17) is 9.47 Å². The molecule has 2 nitrogen and oxygen atoms in total. The number of hydrogen-bond donors (Lipinski definition) is 0. The maximum atomic E-state index is 4.94. The lowest BCUT2D eigenvalue weighted by Gasteiger charge is -1.97. The molecule has 0 aliphatic carbocycles. The zero-order valence-electron chi connectivity index (χ0n) is 10.1. The van der Waals surface area contributed by atoms with Gasteiger partial charge in [0.25, 0.3) is 0 Å². The van der Waals surface area contributed by atoms with Gasteiger partial charge in [0.05, 0.1) is 12.9 Å². The summed E-state index contributed by atoms with van der Waals surface area (Å²) in [6.45, 7) is 9.47. The average molecular weight is 202 g/mol. The van der Waals surface area contributed by atoms with Crippen LogP contribution in [0.1, 0.15) is 46.0 Å². The minimum atomic E-state index is 0.837. The van der Waals surface area contributed by atoms with E-state index in [9.17, 15) is 0 Å². The van der Waals surface area contributed by atoms with E-state index in [0.29, 0.717) is 0 Å². The molecule has 2 heteroatoms. The van der Waals surface area contributed by atoms with Crippen molar-refractivity contribution >= 4 is 0 Å². The molecule has 0 fully saturated rings. The van der Waals surface area contributed by atoms with Crippen molar-refractivity contribution in [2.75, 3.05) is 20.3 Å². The van der Waals surface area contributed by atoms with Crippen molar-refractivity contribution in [1.29, 1.82) is 0 Å². The topological polar surface area (TPSA) is 18.5 Å². The van der Waals surface area contributed by atoms with Crippen LogP contribution in [0.5, 0.6) is 0 Å². The summed E-state index contributed by atoms with van der Waals surface area (Å²) < 4.78 is 9.63. The Labute approximate surface area is 89.3 Å². The highest BCUT2D eigenvalue weighted by Crippen LogP contribution is 1.98. The summed E-state index contributed by atoms with van der Waals surface area (Å²) in [4.78, 5) is 0. The fourth-order valence-corrected chi connectivity index (χ4v) is 0.900. The Balaban J connectivity index is 0. The second-order valence-corrected chi connectivity index (χ2v) is 3.09. The average Bonchev–Trinajstić information content (AvgIpc) is 2.20. The first-order valence-corrected chi connectivity index (χ1v) is 5.54. The number of unbranched alkanes of at least 4 members (excludes halogenated alkanes) is 3. The molecule has 0 N–H and O–H groups in total. The molecule has 0 atom stereocenters. The number of rotatable bonds is 8. The monoisotopic (exact) mass is 202 g/mol. The first kappa shape index (κ1) is 15.9. The molecule has 0 aromatic carbocycles. The summed E-state index contributed by atoms with van der Waals surface area (Å²) in [7, 11) is 1.71. The third-order valence-corrected chi connectivity index (χ3v) is 1.64. The molecule has 0 aromatic heterocycles. The van der Waals surface area contributed by atoms with Gasteiger partial charge in [0.2, 0.25) is 0 Å². The molecule has 0 saturated carbocycles. The number of methoxy groups -OCH3 is 1. The second kappa shape index (κ2) is 18.3. The van der Waals surface area contributed by atoms with E-state index in [1.165, 1.54) is 31.9 Å². The fraction of sp³-hybridized carbons (Fsp3) is 0.833. The maximum absolute atomic E-state index is 4.94. The highest BCUT2D eigenvalue weighted by Gasteiger charge is 1.84. The van der Waals surface area contributed by atoms with E-state index < -0.39 is 0 Å². The molecule has 0 spiro atoms. The van der Waals surface area contributed by atoms with Crippen LogP contribution in [-0.2, 0) is 9.47 Å². The summed E-state index contributed by atoms with van der Waals surface area (Å²) in [5, 5.41) is 0. The number of ether oxygens (including phenoxy) is 2. The van der Waals surface area contributed by atoms with E-state index in [0.717, 1.165) is 19.6 Å². The summed E-state index contributed by atoms with van der Waals surface area (Å²) in [5.74, 6) is 0. The molecule has 0 aliphatic heterocycles. The molecule has 86 valence electrons. The van der Waals surface area contributed by atoms with Crippen LogP contribution in [0.2, 0.25) is 0 Å². The fourth-order valence-electron chi connectivity index (χ4n) is 0.900. The smallest absolute Gasteiger partial charge is 0.0873 e. The Kier molecular flexibility index (Phi) is 20.9. The Morgan fingerprint density at radius 2 is 1.71 bits per heavy atom. The van der Waals surface area contributed by atoms with Crippen molar-refractivity contribution in [3.05, 3.63) is 12.8 Å². The molecule has 0 radical (unpaired) electrons. The molecule has 0 aliphatic rings. The lowest BCUT2D eigenvalue weighted by Crippen LogP contribution is -1.86. The summed E-state index contributed by atoms with van der Waals surface area (Å²) in [5.41, 5.74) is 0. The summed E-state index contributed by atoms with van der Waals surface area (Å²) in [6.07, 6.45) is 7.68. The predicted molar refractivity (Wildman–Crippen MR) is 62.5 cm³/mol. The molecule has 0 amide bonds. The van der Waals surface area contributed by atoms with Crippen molar-refractivity contribution in [2.45, 2.75) is 46.0 Å². The predicted octanol–water partition coefficient (Wildman–Crippen LogP) is 3.77. The van der Waals surface area contributed by atoms with Crippen LogP contribution in [0.15, 0.2) is 12.8 Å². The molecule has 0 unspecified atom stereocenters. The van der Waals surface area contributed by atoms with Gasteiger partial charge in [0, 0.05) is 13.7 Å². The summed E-state index contributed by atoms with van der Waals surface area (Å²) >= 11 is 0. The number of hydrogen-bond acceptors (Lipinski definition) is 2. The van der Waals surface area contributed by atoms with Gasteiger partial charge in [0.15, 0.2) is 0 Å². The van der Waals surface area contributed by atoms with Gasteiger partial charge in [-0.05, 0) is 12.8 Å². The minimum Gasteiger partial charge on any atom is -0.502 e. The van der Waals surface area contributed by atoms with Gasteiger partial charge in [-0.2, -0.15) is 0 Å². The van der Waals surface area contributed by atoms with Crippen molar-refractivity contribution < 1.29 is 9.47 Å². The first-order valence-electron chi connectivity index (χ1n) is 5.54. The third kappa shape index (κ3) is 22.5. The normalized spacial score (nSPS) is 8.79. The van der Waals surface area contributed by atoms with E-state index in [1.54, 1.807) is 7.11 Å². The van der Waals surface area contributed by atoms with Gasteiger partial charge >= 0.3 is 0 Å². The second-order valence-electron chi connectivity index (χ2n) is 3.09. The Bertz CT molecular complexity index is 90.3. The third-order valence-electron chi connectivity index (χ3n) is 1.64. The van der Waals surface area contributed by atoms with Crippen molar-refractivity contribution in [3.63, 3.8) is 0 Å². The van der Waals surface area contributed by atoms with Gasteiger partial charge in [0.1, 0.15) is 0 Å². The van der Waals surface area contributed by atoms with E-state index in [2.05, 4.69) is 20.4 Å². The SMILES string of the molecule is C=COCCCCCC.CCCOC. The lowest BCUT2D eigenvalue weighted by molar-refractivity contribution is 0.199. The van der Waals surface area contributed by atoms with E-state index in [-0.39, 0.29) is 0 Å². The maximum Gasteiger partial charge on any atom is 0.0873 e. The van der Waals surface area contributed by atoms with Crippen LogP contribution in [0.3, 0.4) is 0 Å². The highest BCUT2D eigenvalue weighted by atomic mass is 16.5. The van der Waals surface area contributed by atoms with Gasteiger partial charge < -0.3 is 9.47 Å². The standard InChI is InChI=1S/C8H16O.C4H10O/c1-3-5-6-7-8-9-4-2;1-3-4-5-2/h4H,2-3,5-8H2,1H3;3-4H2,1-2H3. The van der Waals surface area contributed by atoms with Crippen LogP contribution in [0, 0.1) is 0 Å². The molecule has 0 heterocycles. The zero-order valence-corrected chi connectivity index (χ0v) is 10.1. The van der Waals surface area contributed by atoms with E-state index >= 15 is 0 Å². The van der Waals surface area contributed by atoms with Crippen LogP contribution in [0.25, 0.3) is 0 Å². The van der Waals surface area contributed by atoms with Gasteiger partial charge in [-0.15, -0.1) is 0 Å². The van der Waals surface area contributed by atoms with Crippen LogP contribution >= 0.6 is 0 Å². The molecule has 0 saturated heterocycles. The highest BCUT2D eigenvalue weighted by molar-refractivity contribution is 4.48. The van der Waals surface area contributed by atoms with Gasteiger partial charge in [-0.25, -0.2) is 0 Å². The first-order chi connectivity index (χ1) is 6.83. The van der Waals surface area contributed by atoms with Crippen LogP contribution in [0.4, 0.5) is 0 Å². The van der Waals surface area contributed by atoms with Crippen molar-refractivity contribution in [1.82, 2.24) is 0 Å². The lowest BCUT2D eigenvalue weighted by atomic mass is 10.2. The molecular weight excluding hydrogens is 176 g/mol. The minimum absolute atomic E-state index is 0.837. The van der Waals surface area contributed by atoms with E-state index in [1.807, 2.05) is 0 Å². The summed E-state index contributed by atoms with van der Waals surface area (Å²) in [6, 6.07) is 0. The Morgan fingerprint density at radius 1 is 1.00 bits per heavy atom. The van der Waals surface area contributed by atoms with Gasteiger partial charge in [-0.1, -0.05) is 39.7 Å². The molecule has 14 heavy (non-hydrogen) atoms. The van der Waals surface area contributed by atoms with Crippen molar-refractivity contribution in [3.8, 4) is 0 Å². The largest absolute Gasteiger partial charge is 0.502 e. The quantitative estimate of drug-likeness (QED) is 0.440. The van der Waals surface area contributed by atoms with Crippen LogP contribution in [-0.4, -0.2) is 20.3 Å². The van der Waals surface area contributed by atoms with Crippen LogP contribution < -0.4 is 0 Å². The molecule has 0 aromatic rings. The molecule has 0 rings (SSSR count). The van der Waals surface area contributed by atoms with Crippen molar-refractivity contribution in [2.24, 2.45) is 0 Å². The van der Waals surface area contributed by atoms with Gasteiger partial charge in [-0.3, -0.25) is 0 Å². The Hall–Kier alpha value is -0.500. The zero-order chi connectivity index (χ0) is 11.1. The molecule has 0 bridgehead atoms.